The monoisotopic (exact) mass is 305 g/mol. The van der Waals surface area contributed by atoms with Crippen LogP contribution in [0.15, 0.2) is 17.5 Å². The van der Waals surface area contributed by atoms with Crippen LogP contribution in [0, 0.1) is 13.8 Å². The molecular formula is C15H19N3S2. The van der Waals surface area contributed by atoms with E-state index in [0.29, 0.717) is 4.99 Å². The van der Waals surface area contributed by atoms with Gasteiger partial charge in [0.2, 0.25) is 0 Å². The molecule has 0 fully saturated rings. The Balaban J connectivity index is 2.27. The van der Waals surface area contributed by atoms with Crippen LogP contribution >= 0.6 is 23.6 Å². The zero-order valence-corrected chi connectivity index (χ0v) is 13.6. The summed E-state index contributed by atoms with van der Waals surface area (Å²) in [7, 11) is 0. The third-order valence-electron chi connectivity index (χ3n) is 3.23. The predicted octanol–water partition coefficient (Wildman–Crippen LogP) is 3.57. The molecule has 3 nitrogen and oxygen atoms in total. The molecular weight excluding hydrogens is 286 g/mol. The number of aryl methyl sites for hydroxylation is 3. The van der Waals surface area contributed by atoms with Crippen molar-refractivity contribution in [3.05, 3.63) is 44.9 Å². The van der Waals surface area contributed by atoms with E-state index in [2.05, 4.69) is 28.7 Å². The molecule has 0 saturated heterocycles. The van der Waals surface area contributed by atoms with Gasteiger partial charge in [-0.3, -0.25) is 4.98 Å². The van der Waals surface area contributed by atoms with Gasteiger partial charge in [0.05, 0.1) is 5.56 Å². The number of nitrogens with zero attached hydrogens (tertiary/aromatic N) is 1. The summed E-state index contributed by atoms with van der Waals surface area (Å²) in [6, 6.07) is 4.18. The maximum Gasteiger partial charge on any atom is 0.107 e. The number of thiophene rings is 1. The number of thiocarbonyl (C=S) groups is 1. The summed E-state index contributed by atoms with van der Waals surface area (Å²) in [4.78, 5) is 6.17. The van der Waals surface area contributed by atoms with Gasteiger partial charge in [0.25, 0.3) is 0 Å². The first-order valence-electron chi connectivity index (χ1n) is 6.60. The summed E-state index contributed by atoms with van der Waals surface area (Å²) in [6.07, 6.45) is 1.05. The van der Waals surface area contributed by atoms with Crippen LogP contribution < -0.4 is 11.1 Å². The summed E-state index contributed by atoms with van der Waals surface area (Å²) < 4.78 is 0. The second kappa shape index (κ2) is 6.33. The molecule has 0 aromatic carbocycles. The van der Waals surface area contributed by atoms with Crippen molar-refractivity contribution in [2.24, 2.45) is 5.73 Å². The molecule has 2 aromatic heterocycles. The largest absolute Gasteiger partial charge is 0.389 e. The van der Waals surface area contributed by atoms with Gasteiger partial charge in [0.15, 0.2) is 0 Å². The van der Waals surface area contributed by atoms with Gasteiger partial charge < -0.3 is 11.1 Å². The summed E-state index contributed by atoms with van der Waals surface area (Å²) in [5.74, 6) is 0. The minimum atomic E-state index is 0.388. The van der Waals surface area contributed by atoms with E-state index >= 15 is 0 Å². The second-order valence-electron chi connectivity index (χ2n) is 4.71. The highest BCUT2D eigenvalue weighted by Crippen LogP contribution is 2.23. The Labute approximate surface area is 129 Å². The Morgan fingerprint density at radius 3 is 2.85 bits per heavy atom. The van der Waals surface area contributed by atoms with Crippen LogP contribution in [0.2, 0.25) is 0 Å². The zero-order chi connectivity index (χ0) is 14.7. The number of aromatic nitrogens is 1. The summed E-state index contributed by atoms with van der Waals surface area (Å²) in [6.45, 7) is 6.88. The molecule has 0 aliphatic rings. The molecule has 2 heterocycles. The van der Waals surface area contributed by atoms with Gasteiger partial charge in [-0.15, -0.1) is 11.3 Å². The average molecular weight is 305 g/mol. The van der Waals surface area contributed by atoms with Crippen LogP contribution in [0.5, 0.6) is 0 Å². The lowest BCUT2D eigenvalue weighted by atomic mass is 10.1. The number of hydrogen-bond donors (Lipinski definition) is 2. The Bertz CT molecular complexity index is 632. The van der Waals surface area contributed by atoms with E-state index in [4.69, 9.17) is 18.0 Å². The third kappa shape index (κ3) is 3.16. The number of hydrogen-bond acceptors (Lipinski definition) is 4. The number of nitrogens with two attached hydrogens (primary N) is 1. The van der Waals surface area contributed by atoms with Gasteiger partial charge in [-0.1, -0.05) is 19.1 Å². The molecule has 0 radical (unpaired) electrons. The Morgan fingerprint density at radius 1 is 1.45 bits per heavy atom. The number of nitrogens with one attached hydrogen (secondary N) is 1. The van der Waals surface area contributed by atoms with Gasteiger partial charge in [0, 0.05) is 28.5 Å². The lowest BCUT2D eigenvalue weighted by molar-refractivity contribution is 1.06. The van der Waals surface area contributed by atoms with Crippen molar-refractivity contribution in [2.45, 2.75) is 33.7 Å². The lowest BCUT2D eigenvalue weighted by Gasteiger charge is -2.14. The molecule has 0 aliphatic heterocycles. The van der Waals surface area contributed by atoms with Gasteiger partial charge >= 0.3 is 0 Å². The fourth-order valence-electron chi connectivity index (χ4n) is 2.29. The smallest absolute Gasteiger partial charge is 0.107 e. The average Bonchev–Trinajstić information content (AvgIpc) is 2.82. The normalized spacial score (nSPS) is 10.6. The van der Waals surface area contributed by atoms with E-state index in [-0.39, 0.29) is 0 Å². The molecule has 0 saturated carbocycles. The van der Waals surface area contributed by atoms with E-state index in [1.807, 2.05) is 19.9 Å². The zero-order valence-electron chi connectivity index (χ0n) is 12.0. The van der Waals surface area contributed by atoms with Crippen LogP contribution in [0.4, 0.5) is 5.69 Å². The quantitative estimate of drug-likeness (QED) is 0.829. The summed E-state index contributed by atoms with van der Waals surface area (Å²) in [5.41, 5.74) is 10.9. The predicted molar refractivity (Wildman–Crippen MR) is 90.6 cm³/mol. The van der Waals surface area contributed by atoms with Gasteiger partial charge in [-0.2, -0.15) is 0 Å². The molecule has 3 N–H and O–H groups in total. The molecule has 2 rings (SSSR count). The van der Waals surface area contributed by atoms with Crippen LogP contribution in [0.3, 0.4) is 0 Å². The number of rotatable bonds is 5. The van der Waals surface area contributed by atoms with Crippen molar-refractivity contribution in [3.8, 4) is 0 Å². The highest BCUT2D eigenvalue weighted by molar-refractivity contribution is 7.80. The molecule has 0 spiro atoms. The molecule has 0 atom stereocenters. The first kappa shape index (κ1) is 14.9. The van der Waals surface area contributed by atoms with E-state index < -0.39 is 0 Å². The fourth-order valence-corrected chi connectivity index (χ4v) is 3.47. The van der Waals surface area contributed by atoms with E-state index in [0.717, 1.165) is 35.6 Å². The molecule has 2 aromatic rings. The van der Waals surface area contributed by atoms with Crippen molar-refractivity contribution in [1.82, 2.24) is 4.98 Å². The standard InChI is InChI=1S/C15H19N3S2/c1-4-11-5-6-20-13(11)8-17-12-7-9(2)18-10(3)14(12)15(16)19/h5-7H,4,8H2,1-3H3,(H2,16,19)(H,17,18). The van der Waals surface area contributed by atoms with E-state index in [1.54, 1.807) is 11.3 Å². The SMILES string of the molecule is CCc1ccsc1CNc1cc(C)nc(C)c1C(N)=S. The van der Waals surface area contributed by atoms with Gasteiger partial charge in [-0.05, 0) is 43.3 Å². The Kier molecular flexibility index (Phi) is 4.73. The third-order valence-corrected chi connectivity index (χ3v) is 4.40. The Hall–Kier alpha value is -1.46. The van der Waals surface area contributed by atoms with Crippen LogP contribution in [0.25, 0.3) is 0 Å². The Morgan fingerprint density at radius 2 is 2.20 bits per heavy atom. The maximum atomic E-state index is 5.82. The van der Waals surface area contributed by atoms with Crippen molar-refractivity contribution in [3.63, 3.8) is 0 Å². The highest BCUT2D eigenvalue weighted by Gasteiger charge is 2.11. The van der Waals surface area contributed by atoms with E-state index in [9.17, 15) is 0 Å². The molecule has 0 bridgehead atoms. The van der Waals surface area contributed by atoms with E-state index in [1.165, 1.54) is 10.4 Å². The minimum Gasteiger partial charge on any atom is -0.389 e. The molecule has 106 valence electrons. The van der Waals surface area contributed by atoms with Crippen LogP contribution in [0.1, 0.15) is 34.3 Å². The van der Waals surface area contributed by atoms with Crippen molar-refractivity contribution < 1.29 is 0 Å². The summed E-state index contributed by atoms with van der Waals surface area (Å²) in [5, 5.41) is 5.59. The summed E-state index contributed by atoms with van der Waals surface area (Å²) >= 11 is 6.92. The van der Waals surface area contributed by atoms with Crippen molar-refractivity contribution in [2.75, 3.05) is 5.32 Å². The van der Waals surface area contributed by atoms with Crippen molar-refractivity contribution >= 4 is 34.2 Å². The molecule has 20 heavy (non-hydrogen) atoms. The molecule has 0 aliphatic carbocycles. The first-order valence-corrected chi connectivity index (χ1v) is 7.88. The van der Waals surface area contributed by atoms with Gasteiger partial charge in [-0.25, -0.2) is 0 Å². The highest BCUT2D eigenvalue weighted by atomic mass is 32.1. The first-order chi connectivity index (χ1) is 9.52. The number of anilines is 1. The maximum absolute atomic E-state index is 5.82. The molecule has 0 unspecified atom stereocenters. The van der Waals surface area contributed by atoms with Crippen LogP contribution in [-0.4, -0.2) is 9.97 Å². The fraction of sp³-hybridized carbons (Fsp3) is 0.333. The lowest BCUT2D eigenvalue weighted by Crippen LogP contribution is -2.16. The minimum absolute atomic E-state index is 0.388. The molecule has 5 heteroatoms. The second-order valence-corrected chi connectivity index (χ2v) is 6.15. The number of pyridine rings is 1. The molecule has 0 amide bonds. The topological polar surface area (TPSA) is 50.9 Å². The van der Waals surface area contributed by atoms with Gasteiger partial charge in [0.1, 0.15) is 4.99 Å². The van der Waals surface area contributed by atoms with Crippen LogP contribution in [-0.2, 0) is 13.0 Å². The van der Waals surface area contributed by atoms with Crippen molar-refractivity contribution in [1.29, 1.82) is 0 Å².